The molecule has 2 fully saturated rings. The number of ether oxygens (including phenoxy) is 1. The van der Waals surface area contributed by atoms with Gasteiger partial charge in [-0.05, 0) is 32.6 Å². The van der Waals surface area contributed by atoms with Crippen LogP contribution >= 0.6 is 0 Å². The van der Waals surface area contributed by atoms with Gasteiger partial charge in [0, 0.05) is 12.1 Å². The molecule has 1 aliphatic carbocycles. The van der Waals surface area contributed by atoms with Crippen molar-refractivity contribution in [2.45, 2.75) is 63.2 Å². The summed E-state index contributed by atoms with van der Waals surface area (Å²) in [6.45, 7) is 3.05. The number of hydrogen-bond acceptors (Lipinski definition) is 3. The molecule has 0 aromatic heterocycles. The molecule has 1 saturated heterocycles. The number of carbonyl (C=O) groups is 1. The van der Waals surface area contributed by atoms with Crippen molar-refractivity contribution in [1.29, 1.82) is 0 Å². The quantitative estimate of drug-likeness (QED) is 0.765. The zero-order valence-electron chi connectivity index (χ0n) is 9.87. The van der Waals surface area contributed by atoms with E-state index in [0.717, 1.165) is 13.0 Å². The van der Waals surface area contributed by atoms with E-state index < -0.39 is 12.1 Å². The summed E-state index contributed by atoms with van der Waals surface area (Å²) in [5, 5.41) is 12.4. The summed E-state index contributed by atoms with van der Waals surface area (Å²) in [6, 6.07) is 0. The Bertz CT molecular complexity index is 261. The van der Waals surface area contributed by atoms with Gasteiger partial charge in [-0.25, -0.2) is 4.79 Å². The number of nitrogens with one attached hydrogen (secondary N) is 1. The highest BCUT2D eigenvalue weighted by Gasteiger charge is 2.33. The van der Waals surface area contributed by atoms with Crippen LogP contribution in [0.15, 0.2) is 0 Å². The van der Waals surface area contributed by atoms with Gasteiger partial charge in [-0.1, -0.05) is 12.8 Å². The van der Waals surface area contributed by atoms with Gasteiger partial charge in [-0.15, -0.1) is 0 Å². The minimum absolute atomic E-state index is 0.0820. The first-order valence-electron chi connectivity index (χ1n) is 6.22. The van der Waals surface area contributed by atoms with E-state index in [0.29, 0.717) is 6.42 Å². The Balaban J connectivity index is 1.73. The zero-order chi connectivity index (χ0) is 11.6. The van der Waals surface area contributed by atoms with E-state index in [1.54, 1.807) is 0 Å². The largest absolute Gasteiger partial charge is 0.479 e. The van der Waals surface area contributed by atoms with Gasteiger partial charge in [-0.3, -0.25) is 0 Å². The summed E-state index contributed by atoms with van der Waals surface area (Å²) >= 11 is 0. The standard InChI is InChI=1S/C12H21NO3/c1-12(6-2-3-7-12)13-8-9-4-5-10(16-9)11(14)15/h9-10,13H,2-8H2,1H3,(H,14,15). The molecule has 1 aliphatic heterocycles. The maximum atomic E-state index is 10.7. The molecule has 2 unspecified atom stereocenters. The SMILES string of the molecule is CC1(NCC2CCC(C(=O)O)O2)CCCC1. The smallest absolute Gasteiger partial charge is 0.332 e. The van der Waals surface area contributed by atoms with Crippen LogP contribution in [0.5, 0.6) is 0 Å². The molecule has 16 heavy (non-hydrogen) atoms. The van der Waals surface area contributed by atoms with Gasteiger partial charge in [0.25, 0.3) is 0 Å². The Hall–Kier alpha value is -0.610. The lowest BCUT2D eigenvalue weighted by atomic mass is 10.0. The number of aliphatic carboxylic acids is 1. The van der Waals surface area contributed by atoms with Crippen LogP contribution < -0.4 is 5.32 Å². The molecule has 2 atom stereocenters. The highest BCUT2D eigenvalue weighted by molar-refractivity contribution is 5.72. The van der Waals surface area contributed by atoms with Gasteiger partial charge >= 0.3 is 5.97 Å². The Labute approximate surface area is 96.4 Å². The van der Waals surface area contributed by atoms with Gasteiger partial charge in [-0.2, -0.15) is 0 Å². The molecule has 1 saturated carbocycles. The van der Waals surface area contributed by atoms with Gasteiger partial charge < -0.3 is 15.2 Å². The van der Waals surface area contributed by atoms with E-state index >= 15 is 0 Å². The molecule has 4 nitrogen and oxygen atoms in total. The molecule has 0 amide bonds. The van der Waals surface area contributed by atoms with Crippen LogP contribution in [0, 0.1) is 0 Å². The highest BCUT2D eigenvalue weighted by Crippen LogP contribution is 2.29. The average molecular weight is 227 g/mol. The normalized spacial score (nSPS) is 33.1. The molecule has 0 bridgehead atoms. The van der Waals surface area contributed by atoms with Crippen molar-refractivity contribution in [3.8, 4) is 0 Å². The van der Waals surface area contributed by atoms with Crippen LogP contribution in [0.2, 0.25) is 0 Å². The molecule has 2 N–H and O–H groups in total. The van der Waals surface area contributed by atoms with Crippen molar-refractivity contribution < 1.29 is 14.6 Å². The van der Waals surface area contributed by atoms with E-state index in [4.69, 9.17) is 9.84 Å². The van der Waals surface area contributed by atoms with Crippen LogP contribution in [-0.4, -0.2) is 35.4 Å². The lowest BCUT2D eigenvalue weighted by molar-refractivity contribution is -0.149. The Kier molecular flexibility index (Phi) is 3.50. The van der Waals surface area contributed by atoms with Gasteiger partial charge in [0.15, 0.2) is 6.10 Å². The third kappa shape index (κ3) is 2.74. The van der Waals surface area contributed by atoms with Crippen LogP contribution in [-0.2, 0) is 9.53 Å². The molecule has 1 heterocycles. The number of hydrogen-bond donors (Lipinski definition) is 2. The monoisotopic (exact) mass is 227 g/mol. The molecule has 0 spiro atoms. The summed E-state index contributed by atoms with van der Waals surface area (Å²) in [7, 11) is 0. The van der Waals surface area contributed by atoms with Crippen molar-refractivity contribution in [3.63, 3.8) is 0 Å². The molecule has 92 valence electrons. The minimum Gasteiger partial charge on any atom is -0.479 e. The lowest BCUT2D eigenvalue weighted by Crippen LogP contribution is -2.43. The van der Waals surface area contributed by atoms with E-state index in [-0.39, 0.29) is 11.6 Å². The van der Waals surface area contributed by atoms with Crippen LogP contribution in [0.3, 0.4) is 0 Å². The fourth-order valence-corrected chi connectivity index (χ4v) is 2.73. The molecule has 0 aromatic carbocycles. The highest BCUT2D eigenvalue weighted by atomic mass is 16.5. The zero-order valence-corrected chi connectivity index (χ0v) is 9.87. The van der Waals surface area contributed by atoms with Crippen molar-refractivity contribution in [2.75, 3.05) is 6.54 Å². The first kappa shape index (κ1) is 11.9. The topological polar surface area (TPSA) is 58.6 Å². The molecule has 0 aromatic rings. The maximum Gasteiger partial charge on any atom is 0.332 e. The first-order chi connectivity index (χ1) is 7.59. The summed E-state index contributed by atoms with van der Waals surface area (Å²) in [5.74, 6) is -0.824. The molecule has 2 aliphatic rings. The van der Waals surface area contributed by atoms with E-state index in [1.165, 1.54) is 25.7 Å². The fraction of sp³-hybridized carbons (Fsp3) is 0.917. The van der Waals surface area contributed by atoms with Crippen molar-refractivity contribution in [3.05, 3.63) is 0 Å². The van der Waals surface area contributed by atoms with Crippen LogP contribution in [0.1, 0.15) is 45.4 Å². The van der Waals surface area contributed by atoms with Crippen molar-refractivity contribution in [2.24, 2.45) is 0 Å². The Morgan fingerprint density at radius 2 is 2.12 bits per heavy atom. The Morgan fingerprint density at radius 1 is 1.44 bits per heavy atom. The fourth-order valence-electron chi connectivity index (χ4n) is 2.73. The third-order valence-corrected chi connectivity index (χ3v) is 3.85. The number of rotatable bonds is 4. The molecular weight excluding hydrogens is 206 g/mol. The third-order valence-electron chi connectivity index (χ3n) is 3.85. The van der Waals surface area contributed by atoms with Gasteiger partial charge in [0.2, 0.25) is 0 Å². The second-order valence-corrected chi connectivity index (χ2v) is 5.31. The van der Waals surface area contributed by atoms with E-state index in [9.17, 15) is 4.79 Å². The van der Waals surface area contributed by atoms with E-state index in [2.05, 4.69) is 12.2 Å². The second kappa shape index (κ2) is 4.72. The van der Waals surface area contributed by atoms with Crippen molar-refractivity contribution >= 4 is 5.97 Å². The maximum absolute atomic E-state index is 10.7. The van der Waals surface area contributed by atoms with Gasteiger partial charge in [0.05, 0.1) is 6.10 Å². The van der Waals surface area contributed by atoms with Crippen LogP contribution in [0.25, 0.3) is 0 Å². The molecule has 2 rings (SSSR count). The molecule has 0 radical (unpaired) electrons. The summed E-state index contributed by atoms with van der Waals surface area (Å²) < 4.78 is 5.47. The Morgan fingerprint density at radius 3 is 2.69 bits per heavy atom. The number of carboxylic acids is 1. The first-order valence-corrected chi connectivity index (χ1v) is 6.22. The molecule has 4 heteroatoms. The van der Waals surface area contributed by atoms with E-state index in [1.807, 2.05) is 0 Å². The lowest BCUT2D eigenvalue weighted by Gasteiger charge is -2.27. The van der Waals surface area contributed by atoms with Crippen LogP contribution in [0.4, 0.5) is 0 Å². The summed E-state index contributed by atoms with van der Waals surface area (Å²) in [6.07, 6.45) is 6.06. The molecular formula is C12H21NO3. The van der Waals surface area contributed by atoms with Gasteiger partial charge in [0.1, 0.15) is 0 Å². The summed E-state index contributed by atoms with van der Waals surface area (Å²) in [5.41, 5.74) is 0.255. The van der Waals surface area contributed by atoms with Crippen molar-refractivity contribution in [1.82, 2.24) is 5.32 Å². The predicted molar refractivity (Wildman–Crippen MR) is 60.4 cm³/mol. The second-order valence-electron chi connectivity index (χ2n) is 5.31. The predicted octanol–water partition coefficient (Wildman–Crippen LogP) is 1.54. The average Bonchev–Trinajstić information content (AvgIpc) is 2.84. The minimum atomic E-state index is -0.824. The number of carboxylic acid groups (broad SMARTS) is 1. The summed E-state index contributed by atoms with van der Waals surface area (Å²) in [4.78, 5) is 10.7.